The van der Waals surface area contributed by atoms with Gasteiger partial charge in [0.1, 0.15) is 5.82 Å². The normalized spacial score (nSPS) is 12.2. The van der Waals surface area contributed by atoms with E-state index >= 15 is 0 Å². The van der Waals surface area contributed by atoms with Crippen LogP contribution in [0, 0.1) is 12.8 Å². The molecule has 0 aliphatic heterocycles. The molecule has 1 atom stereocenters. The summed E-state index contributed by atoms with van der Waals surface area (Å²) >= 11 is 0. The first-order valence-electron chi connectivity index (χ1n) is 8.12. The highest BCUT2D eigenvalue weighted by molar-refractivity contribution is 5.42. The lowest BCUT2D eigenvalue weighted by Crippen LogP contribution is -2.24. The summed E-state index contributed by atoms with van der Waals surface area (Å²) in [6.45, 7) is 9.63. The Kier molecular flexibility index (Phi) is 6.47. The molecule has 1 N–H and O–H groups in total. The topological polar surface area (TPSA) is 48.3 Å². The highest BCUT2D eigenvalue weighted by atomic mass is 16.5. The summed E-state index contributed by atoms with van der Waals surface area (Å²) in [5, 5.41) is 3.51. The number of nitrogens with one attached hydrogen (secondary N) is 1. The first-order chi connectivity index (χ1) is 11.1. The summed E-state index contributed by atoms with van der Waals surface area (Å²) in [6.07, 6.45) is 3.88. The van der Waals surface area contributed by atoms with Crippen molar-refractivity contribution in [1.82, 2.24) is 14.9 Å². The molecule has 1 aromatic carbocycles. The second kappa shape index (κ2) is 8.58. The molecule has 0 aliphatic rings. The van der Waals surface area contributed by atoms with E-state index in [4.69, 9.17) is 9.47 Å². The Hall–Kier alpha value is -2.01. The summed E-state index contributed by atoms with van der Waals surface area (Å²) in [7, 11) is 1.66. The molecule has 2 aromatic rings. The van der Waals surface area contributed by atoms with Crippen LogP contribution in [0.1, 0.15) is 25.2 Å². The Labute approximate surface area is 138 Å². The number of benzene rings is 1. The zero-order valence-electron chi connectivity index (χ0n) is 14.5. The Morgan fingerprint density at radius 1 is 1.30 bits per heavy atom. The second-order valence-corrected chi connectivity index (χ2v) is 5.78. The summed E-state index contributed by atoms with van der Waals surface area (Å²) in [5.41, 5.74) is 1.19. The van der Waals surface area contributed by atoms with E-state index in [1.165, 1.54) is 5.56 Å². The minimum absolute atomic E-state index is 0.535. The van der Waals surface area contributed by atoms with Crippen LogP contribution in [0.4, 0.5) is 0 Å². The first kappa shape index (κ1) is 17.3. The van der Waals surface area contributed by atoms with Gasteiger partial charge in [0.15, 0.2) is 11.5 Å². The molecule has 0 radical (unpaired) electrons. The number of aryl methyl sites for hydroxylation is 1. The van der Waals surface area contributed by atoms with Crippen molar-refractivity contribution in [3.8, 4) is 11.5 Å². The lowest BCUT2D eigenvalue weighted by atomic mass is 10.1. The van der Waals surface area contributed by atoms with Crippen LogP contribution in [0.2, 0.25) is 0 Å². The smallest absolute Gasteiger partial charge is 0.161 e. The van der Waals surface area contributed by atoms with E-state index in [0.717, 1.165) is 37.0 Å². The maximum absolute atomic E-state index is 5.62. The van der Waals surface area contributed by atoms with E-state index in [-0.39, 0.29) is 0 Å². The van der Waals surface area contributed by atoms with E-state index in [9.17, 15) is 0 Å². The van der Waals surface area contributed by atoms with Crippen LogP contribution in [-0.2, 0) is 13.1 Å². The largest absolute Gasteiger partial charge is 0.493 e. The van der Waals surface area contributed by atoms with Gasteiger partial charge in [-0.2, -0.15) is 0 Å². The Balaban J connectivity index is 1.83. The zero-order chi connectivity index (χ0) is 16.7. The van der Waals surface area contributed by atoms with Crippen LogP contribution in [0.15, 0.2) is 30.6 Å². The van der Waals surface area contributed by atoms with E-state index in [1.54, 1.807) is 7.11 Å². The third-order valence-electron chi connectivity index (χ3n) is 3.78. The van der Waals surface area contributed by atoms with Crippen molar-refractivity contribution in [2.45, 2.75) is 33.9 Å². The molecule has 5 heteroatoms. The summed E-state index contributed by atoms with van der Waals surface area (Å²) in [6, 6.07) is 6.07. The van der Waals surface area contributed by atoms with Gasteiger partial charge in [-0.15, -0.1) is 0 Å². The van der Waals surface area contributed by atoms with Crippen molar-refractivity contribution >= 4 is 0 Å². The standard InChI is InChI=1S/C18H27N3O2/c1-5-23-18-10-16(6-7-17(18)22-4)12-19-11-14(2)13-21-9-8-20-15(21)3/h6-10,14,19H,5,11-13H2,1-4H3. The monoisotopic (exact) mass is 317 g/mol. The zero-order valence-corrected chi connectivity index (χ0v) is 14.5. The van der Waals surface area contributed by atoms with Crippen molar-refractivity contribution in [3.05, 3.63) is 42.0 Å². The van der Waals surface area contributed by atoms with E-state index in [1.807, 2.05) is 38.4 Å². The molecule has 0 bridgehead atoms. The van der Waals surface area contributed by atoms with Crippen LogP contribution < -0.4 is 14.8 Å². The molecule has 23 heavy (non-hydrogen) atoms. The minimum Gasteiger partial charge on any atom is -0.493 e. The van der Waals surface area contributed by atoms with Crippen molar-refractivity contribution in [1.29, 1.82) is 0 Å². The fraction of sp³-hybridized carbons (Fsp3) is 0.500. The van der Waals surface area contributed by atoms with Gasteiger partial charge in [0, 0.05) is 25.5 Å². The maximum atomic E-state index is 5.62. The number of imidazole rings is 1. The number of methoxy groups -OCH3 is 1. The lowest BCUT2D eigenvalue weighted by Gasteiger charge is -2.15. The molecular formula is C18H27N3O2. The highest BCUT2D eigenvalue weighted by Gasteiger charge is 2.07. The van der Waals surface area contributed by atoms with Gasteiger partial charge in [0.25, 0.3) is 0 Å². The number of hydrogen-bond donors (Lipinski definition) is 1. The second-order valence-electron chi connectivity index (χ2n) is 5.78. The van der Waals surface area contributed by atoms with Crippen LogP contribution in [-0.4, -0.2) is 29.8 Å². The Morgan fingerprint density at radius 3 is 2.78 bits per heavy atom. The molecule has 0 fully saturated rings. The average Bonchev–Trinajstić information content (AvgIpc) is 2.93. The minimum atomic E-state index is 0.535. The molecule has 1 unspecified atom stereocenters. The molecule has 126 valence electrons. The van der Waals surface area contributed by atoms with Crippen molar-refractivity contribution in [2.75, 3.05) is 20.3 Å². The molecule has 0 amide bonds. The molecule has 0 saturated heterocycles. The Bertz CT molecular complexity index is 610. The third kappa shape index (κ3) is 4.99. The van der Waals surface area contributed by atoms with Gasteiger partial charge >= 0.3 is 0 Å². The van der Waals surface area contributed by atoms with E-state index in [2.05, 4.69) is 27.9 Å². The number of ether oxygens (including phenoxy) is 2. The van der Waals surface area contributed by atoms with Crippen molar-refractivity contribution in [2.24, 2.45) is 5.92 Å². The molecule has 0 aliphatic carbocycles. The molecule has 0 spiro atoms. The molecule has 2 rings (SSSR count). The van der Waals surface area contributed by atoms with Gasteiger partial charge in [0.05, 0.1) is 13.7 Å². The predicted molar refractivity (Wildman–Crippen MR) is 92.0 cm³/mol. The van der Waals surface area contributed by atoms with Crippen LogP contribution in [0.25, 0.3) is 0 Å². The van der Waals surface area contributed by atoms with Crippen LogP contribution in [0.3, 0.4) is 0 Å². The molecule has 5 nitrogen and oxygen atoms in total. The van der Waals surface area contributed by atoms with E-state index in [0.29, 0.717) is 12.5 Å². The number of aromatic nitrogens is 2. The maximum Gasteiger partial charge on any atom is 0.161 e. The van der Waals surface area contributed by atoms with Gasteiger partial charge < -0.3 is 19.4 Å². The number of rotatable bonds is 9. The summed E-state index contributed by atoms with van der Waals surface area (Å²) in [4.78, 5) is 4.26. The molecule has 1 aromatic heterocycles. The fourth-order valence-corrected chi connectivity index (χ4v) is 2.56. The van der Waals surface area contributed by atoms with Gasteiger partial charge in [-0.05, 0) is 44.0 Å². The quantitative estimate of drug-likeness (QED) is 0.772. The molecule has 0 saturated carbocycles. The predicted octanol–water partition coefficient (Wildman–Crippen LogP) is 3.02. The van der Waals surface area contributed by atoms with Crippen molar-refractivity contribution < 1.29 is 9.47 Å². The fourth-order valence-electron chi connectivity index (χ4n) is 2.56. The van der Waals surface area contributed by atoms with Crippen LogP contribution >= 0.6 is 0 Å². The highest BCUT2D eigenvalue weighted by Crippen LogP contribution is 2.27. The SMILES string of the molecule is CCOc1cc(CNCC(C)Cn2ccnc2C)ccc1OC. The summed E-state index contributed by atoms with van der Waals surface area (Å²) in [5.74, 6) is 3.18. The number of nitrogens with zero attached hydrogens (tertiary/aromatic N) is 2. The van der Waals surface area contributed by atoms with Gasteiger partial charge in [-0.3, -0.25) is 0 Å². The van der Waals surface area contributed by atoms with Gasteiger partial charge in [-0.1, -0.05) is 13.0 Å². The summed E-state index contributed by atoms with van der Waals surface area (Å²) < 4.78 is 13.1. The Morgan fingerprint density at radius 2 is 2.13 bits per heavy atom. The third-order valence-corrected chi connectivity index (χ3v) is 3.78. The van der Waals surface area contributed by atoms with Crippen LogP contribution in [0.5, 0.6) is 11.5 Å². The van der Waals surface area contributed by atoms with Gasteiger partial charge in [0.2, 0.25) is 0 Å². The van der Waals surface area contributed by atoms with Gasteiger partial charge in [-0.25, -0.2) is 4.98 Å². The molecular weight excluding hydrogens is 290 g/mol. The first-order valence-corrected chi connectivity index (χ1v) is 8.12. The molecule has 1 heterocycles. The average molecular weight is 317 g/mol. The lowest BCUT2D eigenvalue weighted by molar-refractivity contribution is 0.310. The van der Waals surface area contributed by atoms with Crippen molar-refractivity contribution in [3.63, 3.8) is 0 Å². The number of hydrogen-bond acceptors (Lipinski definition) is 4. The van der Waals surface area contributed by atoms with E-state index < -0.39 is 0 Å².